The van der Waals surface area contributed by atoms with Crippen LogP contribution in [0.3, 0.4) is 0 Å². The summed E-state index contributed by atoms with van der Waals surface area (Å²) in [5.74, 6) is 4.49. The Bertz CT molecular complexity index is 267. The number of fused-ring (bicyclic) bond motifs is 1. The van der Waals surface area contributed by atoms with Crippen LogP contribution in [0.4, 0.5) is 0 Å². The average molecular weight is 285 g/mol. The fourth-order valence-electron chi connectivity index (χ4n) is 4.36. The maximum Gasteiger partial charge on any atom is 0.199 e. The molecule has 1 aliphatic heterocycles. The Kier molecular flexibility index (Phi) is 3.00. The lowest BCUT2D eigenvalue weighted by molar-refractivity contribution is 0.0870. The van der Waals surface area contributed by atoms with Gasteiger partial charge in [0.25, 0.3) is 0 Å². The molecule has 0 aromatic rings. The molecule has 90 valence electrons. The van der Waals surface area contributed by atoms with Crippen molar-refractivity contribution in [1.29, 1.82) is 0 Å². The van der Waals surface area contributed by atoms with Crippen molar-refractivity contribution in [3.63, 3.8) is 0 Å². The van der Waals surface area contributed by atoms with Gasteiger partial charge in [-0.3, -0.25) is 0 Å². The van der Waals surface area contributed by atoms with Crippen LogP contribution >= 0.6 is 15.9 Å². The molecule has 0 amide bonds. The number of hydrogen-bond donors (Lipinski definition) is 1. The highest BCUT2D eigenvalue weighted by Gasteiger charge is 2.50. The van der Waals surface area contributed by atoms with Crippen LogP contribution in [-0.4, -0.2) is 12.6 Å². The summed E-state index contributed by atoms with van der Waals surface area (Å²) in [6, 6.07) is 0.829. The molecule has 3 fully saturated rings. The van der Waals surface area contributed by atoms with Crippen LogP contribution in [0, 0.1) is 34.4 Å². The summed E-state index contributed by atoms with van der Waals surface area (Å²) >= 11 is 3.87. The molecule has 0 spiro atoms. The molecule has 1 N–H and O–H groups in total. The Hall–Kier alpha value is 0.310. The molecule has 1 unspecified atom stereocenters. The minimum absolute atomic E-state index is 0.773. The van der Waals surface area contributed by atoms with Gasteiger partial charge < -0.3 is 5.32 Å². The Morgan fingerprint density at radius 3 is 2.75 bits per heavy atom. The quantitative estimate of drug-likeness (QED) is 0.671. The molecule has 0 aromatic carbocycles. The van der Waals surface area contributed by atoms with E-state index in [4.69, 9.17) is 0 Å². The van der Waals surface area contributed by atoms with Gasteiger partial charge in [0.1, 0.15) is 12.3 Å². The Balaban J connectivity index is 1.86. The third-order valence-electron chi connectivity index (χ3n) is 5.36. The molecule has 6 atom stereocenters. The van der Waals surface area contributed by atoms with Gasteiger partial charge in [0, 0.05) is 24.4 Å². The van der Waals surface area contributed by atoms with E-state index in [9.17, 15) is 0 Å². The van der Waals surface area contributed by atoms with E-state index in [1.807, 2.05) is 0 Å². The van der Waals surface area contributed by atoms with Crippen LogP contribution in [0.15, 0.2) is 0 Å². The van der Waals surface area contributed by atoms with Gasteiger partial charge >= 0.3 is 0 Å². The predicted octanol–water partition coefficient (Wildman–Crippen LogP) is 3.59. The molecule has 3 aliphatic rings. The second kappa shape index (κ2) is 4.20. The van der Waals surface area contributed by atoms with Crippen molar-refractivity contribution in [3.05, 3.63) is 4.83 Å². The van der Waals surface area contributed by atoms with Crippen molar-refractivity contribution in [3.8, 4) is 0 Å². The first-order valence-corrected chi connectivity index (χ1v) is 7.69. The van der Waals surface area contributed by atoms with Crippen molar-refractivity contribution >= 4 is 15.9 Å². The first kappa shape index (κ1) is 11.4. The van der Waals surface area contributed by atoms with Crippen LogP contribution in [0.25, 0.3) is 0 Å². The van der Waals surface area contributed by atoms with Crippen LogP contribution in [0.1, 0.15) is 39.5 Å². The zero-order valence-corrected chi connectivity index (χ0v) is 12.0. The summed E-state index contributed by atoms with van der Waals surface area (Å²) < 4.78 is 0. The molecule has 1 heterocycles. The topological polar surface area (TPSA) is 12.0 Å². The van der Waals surface area contributed by atoms with E-state index < -0.39 is 0 Å². The smallest absolute Gasteiger partial charge is 0.199 e. The molecule has 2 aliphatic carbocycles. The zero-order chi connectivity index (χ0) is 11.3. The molecule has 0 radical (unpaired) electrons. The minimum Gasteiger partial charge on any atom is -0.313 e. The first-order chi connectivity index (χ1) is 7.65. The Morgan fingerprint density at radius 1 is 1.12 bits per heavy atom. The zero-order valence-electron chi connectivity index (χ0n) is 10.4. The normalized spacial score (nSPS) is 52.3. The standard InChI is InChI=1S/C14H23BrN/c1-8-3-10-6-13(15)9(2)11-5-12(10)14(4-8)16-7-11/h8-12,14,16H,3-7H2,1-2H3/q+1/t8-,9?,10+,11-,12-,14+/m1/s1. The van der Waals surface area contributed by atoms with Gasteiger partial charge in [0.2, 0.25) is 0 Å². The molecule has 3 rings (SSSR count). The average Bonchev–Trinajstić information content (AvgIpc) is 2.36. The second-order valence-electron chi connectivity index (χ2n) is 6.45. The lowest BCUT2D eigenvalue weighted by Gasteiger charge is -2.44. The molecule has 0 aromatic heterocycles. The Morgan fingerprint density at radius 2 is 1.94 bits per heavy atom. The third kappa shape index (κ3) is 1.82. The predicted molar refractivity (Wildman–Crippen MR) is 71.2 cm³/mol. The molecule has 2 bridgehead atoms. The van der Waals surface area contributed by atoms with Gasteiger partial charge in [0.15, 0.2) is 20.8 Å². The molecule has 16 heavy (non-hydrogen) atoms. The highest BCUT2D eigenvalue weighted by molar-refractivity contribution is 9.11. The van der Waals surface area contributed by atoms with Gasteiger partial charge in [-0.2, -0.15) is 0 Å². The van der Waals surface area contributed by atoms with E-state index >= 15 is 0 Å². The van der Waals surface area contributed by atoms with Crippen LogP contribution in [0.2, 0.25) is 0 Å². The molecular formula is C14H23BrN+. The fraction of sp³-hybridized carbons (Fsp3) is 0.929. The lowest BCUT2D eigenvalue weighted by Crippen LogP contribution is -2.51. The monoisotopic (exact) mass is 284 g/mol. The largest absolute Gasteiger partial charge is 0.313 e. The van der Waals surface area contributed by atoms with Gasteiger partial charge in [0.05, 0.1) is 0 Å². The molecule has 2 saturated carbocycles. The van der Waals surface area contributed by atoms with Crippen molar-refractivity contribution in [2.24, 2.45) is 29.6 Å². The highest BCUT2D eigenvalue weighted by Crippen LogP contribution is 2.50. The van der Waals surface area contributed by atoms with Crippen molar-refractivity contribution in [2.45, 2.75) is 45.6 Å². The van der Waals surface area contributed by atoms with Crippen molar-refractivity contribution in [1.82, 2.24) is 5.32 Å². The minimum atomic E-state index is 0.773. The summed E-state index contributed by atoms with van der Waals surface area (Å²) in [5, 5.41) is 3.84. The van der Waals surface area contributed by atoms with E-state index in [1.165, 1.54) is 32.2 Å². The van der Waals surface area contributed by atoms with E-state index in [0.717, 1.165) is 35.6 Å². The maximum absolute atomic E-state index is 3.87. The van der Waals surface area contributed by atoms with E-state index in [-0.39, 0.29) is 0 Å². The van der Waals surface area contributed by atoms with Gasteiger partial charge in [-0.05, 0) is 38.0 Å². The summed E-state index contributed by atoms with van der Waals surface area (Å²) in [5.41, 5.74) is 0. The summed E-state index contributed by atoms with van der Waals surface area (Å²) in [7, 11) is 0. The molecular weight excluding hydrogens is 262 g/mol. The number of piperidine rings is 1. The van der Waals surface area contributed by atoms with Gasteiger partial charge in [-0.25, -0.2) is 0 Å². The lowest BCUT2D eigenvalue weighted by atomic mass is 9.67. The highest BCUT2D eigenvalue weighted by atomic mass is 79.9. The van der Waals surface area contributed by atoms with E-state index in [1.54, 1.807) is 4.83 Å². The van der Waals surface area contributed by atoms with Crippen molar-refractivity contribution in [2.75, 3.05) is 6.54 Å². The summed E-state index contributed by atoms with van der Waals surface area (Å²) in [6.45, 7) is 6.10. The first-order valence-electron chi connectivity index (χ1n) is 6.89. The van der Waals surface area contributed by atoms with E-state index in [2.05, 4.69) is 35.1 Å². The SMILES string of the molecule is CC1[C+](Br)C[C@@H]2C[C@@H](C)C[C@@H]3NC[C@H]1C[C@H]23. The molecule has 1 nitrogen and oxygen atoms in total. The second-order valence-corrected chi connectivity index (χ2v) is 7.47. The molecule has 2 heteroatoms. The van der Waals surface area contributed by atoms with Crippen LogP contribution in [-0.2, 0) is 0 Å². The number of rotatable bonds is 0. The summed E-state index contributed by atoms with van der Waals surface area (Å²) in [4.78, 5) is 1.60. The maximum atomic E-state index is 3.87. The van der Waals surface area contributed by atoms with Gasteiger partial charge in [-0.15, -0.1) is 0 Å². The fourth-order valence-corrected chi connectivity index (χ4v) is 5.15. The Labute approximate surface area is 108 Å². The third-order valence-corrected chi connectivity index (χ3v) is 6.41. The molecule has 1 saturated heterocycles. The number of halogens is 1. The number of hydrogen-bond acceptors (Lipinski definition) is 1. The summed E-state index contributed by atoms with van der Waals surface area (Å²) in [6.07, 6.45) is 5.69. The van der Waals surface area contributed by atoms with Crippen molar-refractivity contribution < 1.29 is 0 Å². The van der Waals surface area contributed by atoms with Crippen LogP contribution < -0.4 is 5.32 Å². The van der Waals surface area contributed by atoms with E-state index in [0.29, 0.717) is 0 Å². The van der Waals surface area contributed by atoms with Gasteiger partial charge in [-0.1, -0.05) is 6.92 Å². The van der Waals surface area contributed by atoms with Crippen LogP contribution in [0.5, 0.6) is 0 Å². The number of nitrogens with one attached hydrogen (secondary N) is 1.